The number of β-amino-alcohol motifs (C(OH)–C–C–N with tert-alkyl or cyclic N) is 1. The lowest BCUT2D eigenvalue weighted by Crippen LogP contribution is -2.38. The minimum atomic E-state index is -0.205. The van der Waals surface area contributed by atoms with Gasteiger partial charge in [0.05, 0.1) is 132 Å². The first kappa shape index (κ1) is 142. The number of hydrogen-bond acceptors (Lipinski definition) is 38. The van der Waals surface area contributed by atoms with Gasteiger partial charge in [-0.05, 0) is 32.1 Å². The summed E-state index contributed by atoms with van der Waals surface area (Å²) in [7, 11) is 4.82. The van der Waals surface area contributed by atoms with E-state index in [1.807, 2.05) is 6.92 Å². The predicted octanol–water partition coefficient (Wildman–Crippen LogP) is 12.3. The highest BCUT2D eigenvalue weighted by atomic mass is 16.7. The number of hydrogen-bond donors (Lipinski definition) is 1. The van der Waals surface area contributed by atoms with Crippen LogP contribution in [-0.2, 0) is 133 Å². The van der Waals surface area contributed by atoms with Crippen LogP contribution in [-0.4, -0.2) is 488 Å². The molecule has 0 aromatic carbocycles. The van der Waals surface area contributed by atoms with Crippen LogP contribution in [0.4, 0.5) is 0 Å². The summed E-state index contributed by atoms with van der Waals surface area (Å²) in [4.78, 5) is 98.5. The van der Waals surface area contributed by atoms with Gasteiger partial charge in [0.1, 0.15) is 66.6 Å². The minimum Gasteiger partial charge on any atom is -0.465 e. The van der Waals surface area contributed by atoms with Gasteiger partial charge in [-0.1, -0.05) is 196 Å². The minimum absolute atomic E-state index is 0.0285. The summed E-state index contributed by atoms with van der Waals surface area (Å²) in [5, 5.41) is 8.54. The van der Waals surface area contributed by atoms with Gasteiger partial charge in [0, 0.05) is 243 Å². The lowest BCUT2D eigenvalue weighted by atomic mass is 10.1. The Bertz CT molecular complexity index is 2780. The lowest BCUT2D eigenvalue weighted by molar-refractivity contribution is -0.145. The molecular weight excluding hydrogens is 1900 g/mol. The third kappa shape index (κ3) is 103. The van der Waals surface area contributed by atoms with Gasteiger partial charge in [0.2, 0.25) is 0 Å². The van der Waals surface area contributed by atoms with Crippen LogP contribution in [0.15, 0.2) is 0 Å². The normalized spacial score (nSPS) is 16.6. The molecule has 38 nitrogen and oxygen atoms in total. The van der Waals surface area contributed by atoms with Crippen molar-refractivity contribution in [1.82, 2.24) is 44.1 Å². The van der Waals surface area contributed by atoms with E-state index in [-0.39, 0.29) is 48.4 Å². The molecule has 0 unspecified atom stereocenters. The van der Waals surface area contributed by atoms with Gasteiger partial charge in [-0.2, -0.15) is 0 Å². The van der Waals surface area contributed by atoms with Gasteiger partial charge in [-0.3, -0.25) is 77.7 Å². The van der Waals surface area contributed by atoms with Crippen molar-refractivity contribution < 1.29 is 138 Å². The Kier molecular flexibility index (Phi) is 110. The van der Waals surface area contributed by atoms with Crippen molar-refractivity contribution >= 4 is 41.8 Å². The maximum Gasteiger partial charge on any atom is 0.305 e. The third-order valence-electron chi connectivity index (χ3n) is 24.9. The van der Waals surface area contributed by atoms with Crippen molar-refractivity contribution in [2.45, 2.75) is 273 Å². The molecule has 0 aliphatic carbocycles. The van der Waals surface area contributed by atoms with E-state index in [1.165, 1.54) is 129 Å². The van der Waals surface area contributed by atoms with Gasteiger partial charge < -0.3 is 105 Å². The topological polar surface area (TPSA) is 363 Å². The molecule has 8 fully saturated rings. The van der Waals surface area contributed by atoms with E-state index in [2.05, 4.69) is 71.8 Å². The van der Waals surface area contributed by atoms with Crippen LogP contribution in [0.1, 0.15) is 273 Å². The number of nitrogens with zero attached hydrogens (tertiary/aromatic N) is 9. The fourth-order valence-corrected chi connectivity index (χ4v) is 15.7. The van der Waals surface area contributed by atoms with Crippen molar-refractivity contribution in [3.05, 3.63) is 0 Å². The molecule has 0 aromatic heterocycles. The summed E-state index contributed by atoms with van der Waals surface area (Å²) >= 11 is 0. The molecular formula is C109H215N9O29. The molecule has 0 spiro atoms. The summed E-state index contributed by atoms with van der Waals surface area (Å²) in [6.45, 7) is 57.8. The molecule has 0 atom stereocenters. The monoisotopic (exact) mass is 2110 g/mol. The van der Waals surface area contributed by atoms with Gasteiger partial charge in [-0.25, -0.2) is 0 Å². The number of methoxy groups -OCH3 is 3. The predicted molar refractivity (Wildman–Crippen MR) is 573 cm³/mol. The highest BCUT2D eigenvalue weighted by molar-refractivity contribution is 5.71. The molecule has 0 aromatic rings. The van der Waals surface area contributed by atoms with Crippen LogP contribution < -0.4 is 0 Å². The van der Waals surface area contributed by atoms with E-state index in [9.17, 15) is 33.6 Å². The number of carbonyl (C=O) groups excluding carboxylic acids is 7. The summed E-state index contributed by atoms with van der Waals surface area (Å²) in [5.74, 6) is -0.561. The van der Waals surface area contributed by atoms with E-state index in [0.29, 0.717) is 125 Å². The summed E-state index contributed by atoms with van der Waals surface area (Å²) in [6.07, 6.45) is 39.1. The van der Waals surface area contributed by atoms with Gasteiger partial charge in [-0.15, -0.1) is 0 Å². The van der Waals surface area contributed by atoms with Crippen molar-refractivity contribution in [2.75, 3.05) is 397 Å². The second-order valence-electron chi connectivity index (χ2n) is 37.4. The van der Waals surface area contributed by atoms with Gasteiger partial charge >= 0.3 is 41.8 Å². The Balaban J connectivity index is 0.00000165. The first-order valence-electron chi connectivity index (χ1n) is 57.0. The zero-order valence-electron chi connectivity index (χ0n) is 94.5. The van der Waals surface area contributed by atoms with E-state index < -0.39 is 0 Å². The number of rotatable bonds is 73. The molecule has 38 heteroatoms. The molecule has 8 saturated heterocycles. The van der Waals surface area contributed by atoms with E-state index in [4.69, 9.17) is 105 Å². The van der Waals surface area contributed by atoms with E-state index in [1.54, 1.807) is 28.3 Å². The number of morpholine rings is 8. The molecule has 1 N–H and O–H groups in total. The Labute approximate surface area is 889 Å². The van der Waals surface area contributed by atoms with Crippen molar-refractivity contribution in [3.8, 4) is 0 Å². The first-order chi connectivity index (χ1) is 72.0. The standard InChI is InChI=1S/C20H39NO3.C18H35NO3.C14H27NO3.C12H27NO6.C12H23NO3.C10H19NO3.C9H17NO3.C8H15NO3.C6H13NO2/c1-2-3-4-5-6-7-8-9-10-11-12-13-20(22)24-19-16-21-14-17-23-18-15-21;1-2-3-4-5-6-7-8-9-10-11-18(20)22-17-14-19-12-15-21-16-13-19;1-2-3-4-5-6-7-14(16)18-13-10-15-8-11-17-12-9-15;1-14-10-17-7-4-13(5-8-18-11-15-2)6-9-19-12-16-3;1-2-3-4-5-12(14)16-11-8-13-6-9-15-10-7-13;1-2-3-10(12)14-9-6-11-4-7-13-8-5-11;1-2-9(11)13-8-5-10-3-6-12-7-4-10;1-8(10)12-7-4-9-2-5-11-6-3-9;8-4-1-7-2-5-9-6-3-7/h2-19H2,1H3;2-17H2,1H3;2-13H2,1H3;4-12H2,1-3H3;2-11H2,1H3;2-9H2,1H3;2-8H2,1H3;2-7H2,1H3;8H,1-6H2. The van der Waals surface area contributed by atoms with E-state index >= 15 is 0 Å². The maximum absolute atomic E-state index is 11.7. The van der Waals surface area contributed by atoms with Gasteiger partial charge in [0.25, 0.3) is 0 Å². The first-order valence-corrected chi connectivity index (χ1v) is 57.0. The number of ether oxygens (including phenoxy) is 21. The van der Waals surface area contributed by atoms with Gasteiger partial charge in [0.15, 0.2) is 0 Å². The number of esters is 7. The molecule has 0 radical (unpaired) electrons. The summed E-state index contributed by atoms with van der Waals surface area (Å²) < 4.78 is 108. The van der Waals surface area contributed by atoms with Crippen LogP contribution in [0.2, 0.25) is 0 Å². The Morgan fingerprint density at radius 3 is 0.612 bits per heavy atom. The number of unbranched alkanes of at least 4 members (excludes halogenated alkanes) is 24. The third-order valence-corrected chi connectivity index (χ3v) is 24.9. The van der Waals surface area contributed by atoms with Crippen LogP contribution >= 0.6 is 0 Å². The Morgan fingerprint density at radius 1 is 0.231 bits per heavy atom. The number of carbonyl (C=O) groups is 7. The maximum atomic E-state index is 11.7. The highest BCUT2D eigenvalue weighted by Gasteiger charge is 2.20. The second kappa shape index (κ2) is 114. The molecule has 8 rings (SSSR count). The molecule has 8 aliphatic rings. The Morgan fingerprint density at radius 2 is 0.415 bits per heavy atom. The van der Waals surface area contributed by atoms with Crippen molar-refractivity contribution in [2.24, 2.45) is 0 Å². The quantitative estimate of drug-likeness (QED) is 0.0256. The smallest absolute Gasteiger partial charge is 0.305 e. The largest absolute Gasteiger partial charge is 0.465 e. The average molecular weight is 2120 g/mol. The van der Waals surface area contributed by atoms with E-state index in [0.717, 1.165) is 347 Å². The molecule has 0 amide bonds. The zero-order chi connectivity index (χ0) is 107. The number of aliphatic hydroxyl groups excluding tert-OH is 1. The lowest BCUT2D eigenvalue weighted by Gasteiger charge is -2.26. The molecule has 8 heterocycles. The molecule has 870 valence electrons. The van der Waals surface area contributed by atoms with Crippen LogP contribution in [0.3, 0.4) is 0 Å². The summed E-state index contributed by atoms with van der Waals surface area (Å²) in [5.41, 5.74) is 0. The van der Waals surface area contributed by atoms with Crippen LogP contribution in [0.5, 0.6) is 0 Å². The molecule has 147 heavy (non-hydrogen) atoms. The van der Waals surface area contributed by atoms with Crippen molar-refractivity contribution in [1.29, 1.82) is 0 Å². The fourth-order valence-electron chi connectivity index (χ4n) is 15.7. The molecule has 0 bridgehead atoms. The average Bonchev–Trinajstić information content (AvgIpc) is 0.954. The molecule has 0 saturated carbocycles. The SMILES string of the molecule is CC(=O)OCCN1CCOCC1.CCC(=O)OCCN1CCOCC1.CCCC(=O)OCCN1CCOCC1.CCCCCC(=O)OCCN1CCOCC1.CCCCCCCC(=O)OCCN1CCOCC1.CCCCCCCCCCCC(=O)OCCN1CCOCC1.CCCCCCCCCCCCCC(=O)OCCN1CCOCC1.COCOCCN(CCOCOC)CCOCOC.OCCN1CCOCC1. The number of aliphatic hydroxyl groups is 1. The summed E-state index contributed by atoms with van der Waals surface area (Å²) in [6, 6.07) is 0. The zero-order valence-corrected chi connectivity index (χ0v) is 94.5. The second-order valence-corrected chi connectivity index (χ2v) is 37.4. The highest BCUT2D eigenvalue weighted by Crippen LogP contribution is 2.16. The van der Waals surface area contributed by atoms with Crippen molar-refractivity contribution in [3.63, 3.8) is 0 Å². The van der Waals surface area contributed by atoms with Crippen LogP contribution in [0, 0.1) is 0 Å². The Hall–Kier alpha value is -4.67. The fraction of sp³-hybridized carbons (Fsp3) is 0.936. The molecule has 8 aliphatic heterocycles. The van der Waals surface area contributed by atoms with Crippen LogP contribution in [0.25, 0.3) is 0 Å².